The zero-order valence-electron chi connectivity index (χ0n) is 15.5. The Labute approximate surface area is 156 Å². The molecular weight excluding hydrogens is 358 g/mol. The highest BCUT2D eigenvalue weighted by Crippen LogP contribution is 2.54. The highest BCUT2D eigenvalue weighted by molar-refractivity contribution is 7.90. The van der Waals surface area contributed by atoms with Gasteiger partial charge in [0.15, 0.2) is 0 Å². The summed E-state index contributed by atoms with van der Waals surface area (Å²) >= 11 is 0.386. The van der Waals surface area contributed by atoms with Crippen LogP contribution in [-0.4, -0.2) is 38.4 Å². The Kier molecular flexibility index (Phi) is 5.09. The van der Waals surface area contributed by atoms with Gasteiger partial charge in [-0.15, -0.1) is 11.3 Å². The van der Waals surface area contributed by atoms with E-state index in [1.165, 1.54) is 10.6 Å². The number of rotatable bonds is 2. The van der Waals surface area contributed by atoms with Crippen LogP contribution >= 0.6 is 11.3 Å². The second-order valence-electron chi connectivity index (χ2n) is 8.12. The third kappa shape index (κ3) is 3.67. The highest BCUT2D eigenvalue weighted by atomic mass is 32.2. The SMILES string of the molecule is Cc1nc2c(s1)[C@@H](C)C1(CCN(C(=O)ON[S+]([O-])C(C)(C)C)CC1)C2. The minimum atomic E-state index is -1.43. The fourth-order valence-corrected chi connectivity index (χ4v) is 5.26. The third-order valence-corrected chi connectivity index (χ3v) is 7.99. The summed E-state index contributed by atoms with van der Waals surface area (Å²) in [7, 11) is 0. The summed E-state index contributed by atoms with van der Waals surface area (Å²) in [6, 6.07) is 0. The molecule has 1 fully saturated rings. The van der Waals surface area contributed by atoms with Crippen molar-refractivity contribution in [2.45, 2.75) is 64.5 Å². The molecule has 2 aliphatic rings. The van der Waals surface area contributed by atoms with Gasteiger partial charge in [0.05, 0.1) is 22.1 Å². The molecule has 25 heavy (non-hydrogen) atoms. The molecule has 3 rings (SSSR count). The van der Waals surface area contributed by atoms with Crippen molar-refractivity contribution >= 4 is 28.8 Å². The molecule has 8 heteroatoms. The average molecular weight is 386 g/mol. The van der Waals surface area contributed by atoms with Crippen LogP contribution in [0.1, 0.15) is 62.0 Å². The standard InChI is InChI=1S/C17H27N3O3S2/c1-11-14-13(18-12(2)24-14)10-17(11)6-8-20(9-7-17)15(21)23-19-25(22)16(3,4)5/h11,19H,6-10H2,1-5H3/t11-,25?/m1/s1. The number of carbonyl (C=O) groups excluding carboxylic acids is 1. The minimum Gasteiger partial charge on any atom is -0.595 e. The normalized spacial score (nSPS) is 23.6. The first-order valence-electron chi connectivity index (χ1n) is 8.72. The summed E-state index contributed by atoms with van der Waals surface area (Å²) in [5, 5.41) is 1.14. The molecule has 0 aromatic carbocycles. The predicted octanol–water partition coefficient (Wildman–Crippen LogP) is 3.30. The van der Waals surface area contributed by atoms with Gasteiger partial charge >= 0.3 is 6.09 Å². The van der Waals surface area contributed by atoms with Crippen molar-refractivity contribution in [3.05, 3.63) is 15.6 Å². The molecule has 1 aromatic heterocycles. The van der Waals surface area contributed by atoms with Gasteiger partial charge in [0, 0.05) is 22.9 Å². The van der Waals surface area contributed by atoms with Gasteiger partial charge in [0.2, 0.25) is 0 Å². The van der Waals surface area contributed by atoms with Crippen LogP contribution in [0.4, 0.5) is 4.79 Å². The van der Waals surface area contributed by atoms with Gasteiger partial charge in [0.1, 0.15) is 4.75 Å². The van der Waals surface area contributed by atoms with Crippen LogP contribution in [0, 0.1) is 12.3 Å². The quantitative estimate of drug-likeness (QED) is 0.624. The Morgan fingerprint density at radius 2 is 2.08 bits per heavy atom. The number of hydrogen-bond acceptors (Lipinski definition) is 6. The summed E-state index contributed by atoms with van der Waals surface area (Å²) in [6.07, 6.45) is 2.48. The van der Waals surface area contributed by atoms with E-state index in [-0.39, 0.29) is 5.41 Å². The van der Waals surface area contributed by atoms with Crippen LogP contribution in [0.25, 0.3) is 0 Å². The van der Waals surface area contributed by atoms with Gasteiger partial charge in [0.25, 0.3) is 0 Å². The Hall–Kier alpha value is -0.830. The molecule has 6 nitrogen and oxygen atoms in total. The van der Waals surface area contributed by atoms with E-state index in [2.05, 4.69) is 23.7 Å². The van der Waals surface area contributed by atoms with Crippen molar-refractivity contribution in [3.8, 4) is 0 Å². The van der Waals surface area contributed by atoms with Gasteiger partial charge in [-0.3, -0.25) is 0 Å². The molecule has 1 amide bonds. The van der Waals surface area contributed by atoms with Crippen LogP contribution in [0.2, 0.25) is 0 Å². The first-order valence-corrected chi connectivity index (χ1v) is 10.7. The van der Waals surface area contributed by atoms with Crippen molar-refractivity contribution in [2.24, 2.45) is 5.41 Å². The molecule has 0 radical (unpaired) electrons. The Bertz CT molecular complexity index is 648. The summed E-state index contributed by atoms with van der Waals surface area (Å²) in [4.78, 5) is 27.5. The summed E-state index contributed by atoms with van der Waals surface area (Å²) in [6.45, 7) is 11.2. The number of aromatic nitrogens is 1. The molecule has 2 atom stereocenters. The van der Waals surface area contributed by atoms with Crippen molar-refractivity contribution in [1.82, 2.24) is 14.8 Å². The molecule has 1 aromatic rings. The Morgan fingerprint density at radius 1 is 1.44 bits per heavy atom. The number of carbonyl (C=O) groups is 1. The lowest BCUT2D eigenvalue weighted by molar-refractivity contribution is 0.0488. The number of piperidine rings is 1. The number of thiazole rings is 1. The van der Waals surface area contributed by atoms with Crippen LogP contribution in [-0.2, 0) is 22.6 Å². The number of fused-ring (bicyclic) bond motifs is 1. The van der Waals surface area contributed by atoms with Crippen LogP contribution in [0.3, 0.4) is 0 Å². The monoisotopic (exact) mass is 385 g/mol. The van der Waals surface area contributed by atoms with Crippen molar-refractivity contribution < 1.29 is 14.2 Å². The highest BCUT2D eigenvalue weighted by Gasteiger charge is 2.48. The molecule has 140 valence electrons. The third-order valence-electron chi connectivity index (χ3n) is 5.44. The predicted molar refractivity (Wildman–Crippen MR) is 99.7 cm³/mol. The summed E-state index contributed by atoms with van der Waals surface area (Å²) in [5.74, 6) is 0.499. The van der Waals surface area contributed by atoms with Gasteiger partial charge in [-0.25, -0.2) is 9.78 Å². The lowest BCUT2D eigenvalue weighted by Gasteiger charge is -2.41. The van der Waals surface area contributed by atoms with Crippen molar-refractivity contribution in [3.63, 3.8) is 0 Å². The molecule has 1 aliphatic heterocycles. The molecule has 1 unspecified atom stereocenters. The zero-order chi connectivity index (χ0) is 18.4. The number of aryl methyl sites for hydroxylation is 1. The smallest absolute Gasteiger partial charge is 0.432 e. The molecule has 1 aliphatic carbocycles. The Morgan fingerprint density at radius 3 is 2.64 bits per heavy atom. The van der Waals surface area contributed by atoms with E-state index < -0.39 is 22.2 Å². The van der Waals surface area contributed by atoms with E-state index in [0.717, 1.165) is 24.3 Å². The molecule has 1 saturated heterocycles. The van der Waals surface area contributed by atoms with Crippen molar-refractivity contribution in [1.29, 1.82) is 0 Å². The van der Waals surface area contributed by atoms with Gasteiger partial charge < -0.3 is 14.3 Å². The fraction of sp³-hybridized carbons (Fsp3) is 0.765. The first kappa shape index (κ1) is 18.9. The molecule has 1 N–H and O–H groups in total. The number of nitrogens with zero attached hydrogens (tertiary/aromatic N) is 2. The number of likely N-dealkylation sites (tertiary alicyclic amines) is 1. The average Bonchev–Trinajstić information content (AvgIpc) is 3.01. The molecule has 2 heterocycles. The van der Waals surface area contributed by atoms with Crippen molar-refractivity contribution in [2.75, 3.05) is 13.1 Å². The molecular formula is C17H27N3O3S2. The van der Waals surface area contributed by atoms with E-state index in [0.29, 0.717) is 19.0 Å². The summed E-state index contributed by atoms with van der Waals surface area (Å²) < 4.78 is 11.4. The summed E-state index contributed by atoms with van der Waals surface area (Å²) in [5.41, 5.74) is 1.48. The van der Waals surface area contributed by atoms with E-state index >= 15 is 0 Å². The van der Waals surface area contributed by atoms with Gasteiger partial charge in [-0.1, -0.05) is 6.92 Å². The van der Waals surface area contributed by atoms with Crippen LogP contribution in [0.5, 0.6) is 0 Å². The lowest BCUT2D eigenvalue weighted by Crippen LogP contribution is -2.48. The molecule has 1 spiro atoms. The lowest BCUT2D eigenvalue weighted by atomic mass is 9.71. The van der Waals surface area contributed by atoms with E-state index in [9.17, 15) is 9.35 Å². The molecule has 0 saturated carbocycles. The first-order chi connectivity index (χ1) is 11.6. The Balaban J connectivity index is 1.54. The molecule has 0 bridgehead atoms. The maximum Gasteiger partial charge on any atom is 0.432 e. The van der Waals surface area contributed by atoms with E-state index in [1.54, 1.807) is 4.90 Å². The minimum absolute atomic E-state index is 0.223. The van der Waals surface area contributed by atoms with Gasteiger partial charge in [-0.2, -0.15) is 0 Å². The fourth-order valence-electron chi connectivity index (χ4n) is 3.72. The topological polar surface area (TPSA) is 77.5 Å². The van der Waals surface area contributed by atoms with E-state index in [1.807, 2.05) is 32.1 Å². The maximum atomic E-state index is 12.2. The number of nitrogens with one attached hydrogen (secondary N) is 1. The maximum absolute atomic E-state index is 12.2. The van der Waals surface area contributed by atoms with Gasteiger partial charge in [-0.05, 0) is 58.3 Å². The number of hydrogen-bond donors (Lipinski definition) is 1. The van der Waals surface area contributed by atoms with E-state index in [4.69, 9.17) is 4.84 Å². The van der Waals surface area contributed by atoms with Crippen LogP contribution < -0.4 is 4.89 Å². The second kappa shape index (κ2) is 6.72. The largest absolute Gasteiger partial charge is 0.595 e. The van der Waals surface area contributed by atoms with Crippen LogP contribution in [0.15, 0.2) is 0 Å². The second-order valence-corrected chi connectivity index (χ2v) is 11.3. The number of amides is 1. The zero-order valence-corrected chi connectivity index (χ0v) is 17.2.